The summed E-state index contributed by atoms with van der Waals surface area (Å²) in [5.41, 5.74) is 0.938. The molecule has 0 heterocycles. The van der Waals surface area contributed by atoms with Gasteiger partial charge >= 0.3 is 0 Å². The molecule has 0 spiro atoms. The molecule has 0 amide bonds. The molecule has 2 aromatic carbocycles. The molecule has 0 saturated carbocycles. The van der Waals surface area contributed by atoms with Gasteiger partial charge in [0.15, 0.2) is 0 Å². The van der Waals surface area contributed by atoms with Crippen LogP contribution in [-0.4, -0.2) is 25.3 Å². The van der Waals surface area contributed by atoms with Crippen molar-refractivity contribution in [1.82, 2.24) is 0 Å². The van der Waals surface area contributed by atoms with Gasteiger partial charge in [-0.1, -0.05) is 36.2 Å². The van der Waals surface area contributed by atoms with Crippen LogP contribution in [0.15, 0.2) is 30.3 Å². The Hall–Kier alpha value is -1.85. The molecule has 144 valence electrons. The number of halogens is 3. The van der Waals surface area contributed by atoms with E-state index >= 15 is 0 Å². The summed E-state index contributed by atoms with van der Waals surface area (Å²) in [5.74, 6) is -1.27. The standard InChI is InChI=1S/C18H16Cl2FNO4S/c1-10(16(9-22)27(23,24)25)6-11-7-12(21)8-13(18(11)26-2)17-14(19)4-3-5-15(17)20/h3-5,7-8,10,16H,6H2,1-2H3,(H,23,24,25)/p-1/t10?,16-/m1/s1. The third-order valence-corrected chi connectivity index (χ3v) is 5.89. The highest BCUT2D eigenvalue weighted by atomic mass is 35.5. The molecular formula is C18H15Cl2FNO4S-. The van der Waals surface area contributed by atoms with Crippen LogP contribution in [0, 0.1) is 23.1 Å². The highest BCUT2D eigenvalue weighted by Gasteiger charge is 2.26. The van der Waals surface area contributed by atoms with Gasteiger partial charge in [0, 0.05) is 11.1 Å². The van der Waals surface area contributed by atoms with Gasteiger partial charge in [0.25, 0.3) is 0 Å². The van der Waals surface area contributed by atoms with Crippen molar-refractivity contribution in [3.8, 4) is 22.9 Å². The van der Waals surface area contributed by atoms with E-state index in [1.165, 1.54) is 26.2 Å². The third kappa shape index (κ3) is 4.71. The molecule has 0 radical (unpaired) electrons. The van der Waals surface area contributed by atoms with Gasteiger partial charge in [0.2, 0.25) is 0 Å². The number of rotatable bonds is 6. The molecule has 0 N–H and O–H groups in total. The lowest BCUT2D eigenvalue weighted by Gasteiger charge is -2.22. The largest absolute Gasteiger partial charge is 0.747 e. The van der Waals surface area contributed by atoms with E-state index in [1.807, 2.05) is 0 Å². The van der Waals surface area contributed by atoms with Crippen LogP contribution in [-0.2, 0) is 16.5 Å². The third-order valence-electron chi connectivity index (χ3n) is 4.06. The van der Waals surface area contributed by atoms with E-state index in [2.05, 4.69) is 0 Å². The van der Waals surface area contributed by atoms with Crippen molar-refractivity contribution in [1.29, 1.82) is 5.26 Å². The second kappa shape index (κ2) is 8.44. The molecule has 2 rings (SSSR count). The van der Waals surface area contributed by atoms with Crippen LogP contribution in [0.5, 0.6) is 5.75 Å². The first kappa shape index (κ1) is 21.5. The Morgan fingerprint density at radius 3 is 2.37 bits per heavy atom. The summed E-state index contributed by atoms with van der Waals surface area (Å²) in [6.45, 7) is 1.43. The summed E-state index contributed by atoms with van der Waals surface area (Å²) in [6.07, 6.45) is -0.0737. The fourth-order valence-electron chi connectivity index (χ4n) is 2.91. The SMILES string of the molecule is COc1c(CC(C)[C@@H](C#N)S(=O)(=O)[O-])cc(F)cc1-c1c(Cl)cccc1Cl. The molecule has 0 aliphatic heterocycles. The molecule has 0 aliphatic carbocycles. The Morgan fingerprint density at radius 1 is 1.30 bits per heavy atom. The summed E-state index contributed by atoms with van der Waals surface area (Å²) in [5, 5.41) is 7.82. The van der Waals surface area contributed by atoms with Crippen LogP contribution < -0.4 is 4.74 Å². The van der Waals surface area contributed by atoms with Gasteiger partial charge < -0.3 is 9.29 Å². The molecule has 2 atom stereocenters. The summed E-state index contributed by atoms with van der Waals surface area (Å²) in [4.78, 5) is 0. The molecule has 0 aliphatic rings. The Morgan fingerprint density at radius 2 is 1.89 bits per heavy atom. The number of benzene rings is 2. The first-order valence-corrected chi connectivity index (χ1v) is 9.98. The normalized spacial score (nSPS) is 13.7. The molecule has 5 nitrogen and oxygen atoms in total. The Kier molecular flexibility index (Phi) is 6.71. The molecule has 0 saturated heterocycles. The monoisotopic (exact) mass is 430 g/mol. The van der Waals surface area contributed by atoms with Crippen molar-refractivity contribution in [2.24, 2.45) is 5.92 Å². The molecule has 0 aromatic heterocycles. The van der Waals surface area contributed by atoms with Crippen molar-refractivity contribution in [3.05, 3.63) is 51.8 Å². The highest BCUT2D eigenvalue weighted by Crippen LogP contribution is 2.42. The zero-order valence-corrected chi connectivity index (χ0v) is 16.7. The second-order valence-electron chi connectivity index (χ2n) is 5.97. The molecule has 2 aromatic rings. The summed E-state index contributed by atoms with van der Waals surface area (Å²) >= 11 is 12.4. The van der Waals surface area contributed by atoms with E-state index in [0.717, 1.165) is 6.07 Å². The Labute approximate surface area is 167 Å². The number of hydrogen-bond acceptors (Lipinski definition) is 5. The van der Waals surface area contributed by atoms with Crippen molar-refractivity contribution in [3.63, 3.8) is 0 Å². The van der Waals surface area contributed by atoms with Gasteiger partial charge in [-0.05, 0) is 42.2 Å². The first-order valence-electron chi connectivity index (χ1n) is 7.75. The summed E-state index contributed by atoms with van der Waals surface area (Å²) in [7, 11) is -3.46. The van der Waals surface area contributed by atoms with Gasteiger partial charge in [-0.2, -0.15) is 5.26 Å². The Bertz CT molecular complexity index is 985. The van der Waals surface area contributed by atoms with Gasteiger partial charge in [0.05, 0.1) is 23.2 Å². The number of ether oxygens (including phenoxy) is 1. The smallest absolute Gasteiger partial charge is 0.139 e. The molecule has 0 bridgehead atoms. The first-order chi connectivity index (χ1) is 12.6. The van der Waals surface area contributed by atoms with Gasteiger partial charge in [0.1, 0.15) is 26.9 Å². The zero-order chi connectivity index (χ0) is 20.4. The molecule has 9 heteroatoms. The zero-order valence-electron chi connectivity index (χ0n) is 14.4. The lowest BCUT2D eigenvalue weighted by Crippen LogP contribution is -2.28. The fraction of sp³-hybridized carbons (Fsp3) is 0.278. The van der Waals surface area contributed by atoms with E-state index in [1.54, 1.807) is 18.2 Å². The Balaban J connectivity index is 2.60. The number of nitrogens with zero attached hydrogens (tertiary/aromatic N) is 1. The lowest BCUT2D eigenvalue weighted by atomic mass is 9.93. The van der Waals surface area contributed by atoms with E-state index < -0.39 is 27.1 Å². The van der Waals surface area contributed by atoms with Crippen LogP contribution >= 0.6 is 23.2 Å². The maximum absolute atomic E-state index is 14.3. The summed E-state index contributed by atoms with van der Waals surface area (Å²) in [6, 6.07) is 8.68. The highest BCUT2D eigenvalue weighted by molar-refractivity contribution is 7.86. The van der Waals surface area contributed by atoms with E-state index in [9.17, 15) is 17.4 Å². The molecule has 0 fully saturated rings. The predicted molar refractivity (Wildman–Crippen MR) is 100 cm³/mol. The number of hydrogen-bond donors (Lipinski definition) is 0. The van der Waals surface area contributed by atoms with Crippen LogP contribution in [0.1, 0.15) is 12.5 Å². The minimum atomic E-state index is -4.83. The maximum atomic E-state index is 14.3. The van der Waals surface area contributed by atoms with E-state index in [-0.39, 0.29) is 27.8 Å². The van der Waals surface area contributed by atoms with Crippen molar-refractivity contribution in [2.75, 3.05) is 7.11 Å². The maximum Gasteiger partial charge on any atom is 0.139 e. The van der Waals surface area contributed by atoms with Gasteiger partial charge in [-0.15, -0.1) is 0 Å². The lowest BCUT2D eigenvalue weighted by molar-refractivity contribution is 0.402. The van der Waals surface area contributed by atoms with Crippen LogP contribution in [0.2, 0.25) is 10.0 Å². The van der Waals surface area contributed by atoms with Crippen LogP contribution in [0.3, 0.4) is 0 Å². The van der Waals surface area contributed by atoms with Crippen LogP contribution in [0.4, 0.5) is 4.39 Å². The fourth-order valence-corrected chi connectivity index (χ4v) is 4.31. The second-order valence-corrected chi connectivity index (χ2v) is 8.27. The average Bonchev–Trinajstić information content (AvgIpc) is 2.53. The van der Waals surface area contributed by atoms with E-state index in [4.69, 9.17) is 33.2 Å². The summed E-state index contributed by atoms with van der Waals surface area (Å²) < 4.78 is 53.5. The average molecular weight is 431 g/mol. The van der Waals surface area contributed by atoms with Crippen LogP contribution in [0.25, 0.3) is 11.1 Å². The molecule has 1 unspecified atom stereocenters. The van der Waals surface area contributed by atoms with Crippen molar-refractivity contribution < 1.29 is 22.1 Å². The van der Waals surface area contributed by atoms with Gasteiger partial charge in [-0.25, -0.2) is 12.8 Å². The van der Waals surface area contributed by atoms with Crippen molar-refractivity contribution >= 4 is 33.3 Å². The molecular weight excluding hydrogens is 416 g/mol. The predicted octanol–water partition coefficient (Wildman–Crippen LogP) is 4.42. The number of nitriles is 1. The van der Waals surface area contributed by atoms with Crippen molar-refractivity contribution in [2.45, 2.75) is 18.6 Å². The molecule has 27 heavy (non-hydrogen) atoms. The quantitative estimate of drug-likeness (QED) is 0.632. The number of methoxy groups -OCH3 is 1. The van der Waals surface area contributed by atoms with Gasteiger partial charge in [-0.3, -0.25) is 0 Å². The minimum absolute atomic E-state index is 0.0737. The topological polar surface area (TPSA) is 90.2 Å². The van der Waals surface area contributed by atoms with E-state index in [0.29, 0.717) is 11.1 Å². The minimum Gasteiger partial charge on any atom is -0.747 e.